The third-order valence-corrected chi connectivity index (χ3v) is 6.69. The van der Waals surface area contributed by atoms with Crippen LogP contribution in [0.5, 0.6) is 0 Å². The lowest BCUT2D eigenvalue weighted by molar-refractivity contribution is -0.142. The van der Waals surface area contributed by atoms with Crippen LogP contribution in [0.1, 0.15) is 67.2 Å². The Morgan fingerprint density at radius 2 is 1.06 bits per heavy atom. The van der Waals surface area contributed by atoms with Gasteiger partial charge in [-0.2, -0.15) is 0 Å². The van der Waals surface area contributed by atoms with Crippen LogP contribution in [-0.4, -0.2) is 0 Å². The van der Waals surface area contributed by atoms with Crippen molar-refractivity contribution in [3.63, 3.8) is 0 Å². The fraction of sp³-hybridized carbons (Fsp3) is 1.00. The molecule has 0 spiro atoms. The van der Waals surface area contributed by atoms with Crippen molar-refractivity contribution < 1.29 is 0 Å². The van der Waals surface area contributed by atoms with E-state index in [0.717, 1.165) is 23.7 Å². The minimum atomic E-state index is 0.677. The quantitative estimate of drug-likeness (QED) is 0.607. The predicted octanol–water partition coefficient (Wildman–Crippen LogP) is 5.13. The third kappa shape index (κ3) is 1.41. The highest BCUT2D eigenvalue weighted by Gasteiger charge is 2.57. The Labute approximate surface area is 102 Å². The lowest BCUT2D eigenvalue weighted by Crippen LogP contribution is -2.55. The Morgan fingerprint density at radius 1 is 0.750 bits per heavy atom. The maximum Gasteiger partial charge on any atom is -0.0246 e. The standard InChI is InChI=1S/C16H30/c1-11(2)15-7-8-16(12(3)4,10-13(15)5)14(6)9-15/h11-14H,7-10H2,1-6H3. The fourth-order valence-electron chi connectivity index (χ4n) is 5.30. The lowest BCUT2D eigenvalue weighted by Gasteiger charge is -2.64. The predicted molar refractivity (Wildman–Crippen MR) is 71.3 cm³/mol. The SMILES string of the molecule is CC(C)C12CCC(C(C)C)(CC1C)C(C)C2. The van der Waals surface area contributed by atoms with Crippen LogP contribution in [0.3, 0.4) is 0 Å². The molecule has 0 radical (unpaired) electrons. The van der Waals surface area contributed by atoms with Gasteiger partial charge in [-0.25, -0.2) is 0 Å². The van der Waals surface area contributed by atoms with E-state index in [1.54, 1.807) is 0 Å². The molecule has 0 aromatic heterocycles. The van der Waals surface area contributed by atoms with Crippen LogP contribution in [0.4, 0.5) is 0 Å². The van der Waals surface area contributed by atoms with E-state index in [-0.39, 0.29) is 0 Å². The van der Waals surface area contributed by atoms with Crippen molar-refractivity contribution in [1.29, 1.82) is 0 Å². The van der Waals surface area contributed by atoms with E-state index in [1.807, 2.05) is 0 Å². The molecule has 3 aliphatic carbocycles. The molecular formula is C16H30. The smallest absolute Gasteiger partial charge is 0.0246 e. The van der Waals surface area contributed by atoms with Crippen molar-refractivity contribution in [2.75, 3.05) is 0 Å². The summed E-state index contributed by atoms with van der Waals surface area (Å²) >= 11 is 0. The van der Waals surface area contributed by atoms with E-state index in [9.17, 15) is 0 Å². The van der Waals surface area contributed by atoms with Crippen LogP contribution in [-0.2, 0) is 0 Å². The summed E-state index contributed by atoms with van der Waals surface area (Å²) in [5.74, 6) is 3.63. The summed E-state index contributed by atoms with van der Waals surface area (Å²) in [7, 11) is 0. The van der Waals surface area contributed by atoms with Crippen LogP contribution in [0.25, 0.3) is 0 Å². The molecule has 0 aromatic carbocycles. The van der Waals surface area contributed by atoms with Crippen molar-refractivity contribution in [2.45, 2.75) is 67.2 Å². The molecule has 0 N–H and O–H groups in total. The summed E-state index contributed by atoms with van der Waals surface area (Å²) in [6.07, 6.45) is 5.97. The Hall–Kier alpha value is 0. The second-order valence-corrected chi connectivity index (χ2v) is 7.49. The van der Waals surface area contributed by atoms with Gasteiger partial charge >= 0.3 is 0 Å². The molecule has 94 valence electrons. The lowest BCUT2D eigenvalue weighted by atomic mass is 9.41. The highest BCUT2D eigenvalue weighted by Crippen LogP contribution is 2.66. The number of hydrogen-bond donors (Lipinski definition) is 0. The van der Waals surface area contributed by atoms with Gasteiger partial charge in [0, 0.05) is 0 Å². The molecule has 0 amide bonds. The summed E-state index contributed by atoms with van der Waals surface area (Å²) < 4.78 is 0. The number of hydrogen-bond acceptors (Lipinski definition) is 0. The van der Waals surface area contributed by atoms with Gasteiger partial charge < -0.3 is 0 Å². The van der Waals surface area contributed by atoms with Gasteiger partial charge in [-0.05, 0) is 60.2 Å². The van der Waals surface area contributed by atoms with Crippen LogP contribution in [0.15, 0.2) is 0 Å². The maximum absolute atomic E-state index is 2.53. The molecular weight excluding hydrogens is 192 g/mol. The molecule has 0 nitrogen and oxygen atoms in total. The molecule has 0 aliphatic heterocycles. The topological polar surface area (TPSA) is 0 Å². The van der Waals surface area contributed by atoms with E-state index < -0.39 is 0 Å². The van der Waals surface area contributed by atoms with Gasteiger partial charge in [-0.1, -0.05) is 41.5 Å². The van der Waals surface area contributed by atoms with Gasteiger partial charge in [0.25, 0.3) is 0 Å². The van der Waals surface area contributed by atoms with Gasteiger partial charge in [0.05, 0.1) is 0 Å². The molecule has 2 bridgehead atoms. The minimum absolute atomic E-state index is 0.677. The first-order valence-corrected chi connectivity index (χ1v) is 7.35. The Balaban J connectivity index is 2.32. The normalized spacial score (nSPS) is 48.0. The van der Waals surface area contributed by atoms with Crippen molar-refractivity contribution in [2.24, 2.45) is 34.5 Å². The van der Waals surface area contributed by atoms with Gasteiger partial charge in [-0.15, -0.1) is 0 Å². The van der Waals surface area contributed by atoms with E-state index in [4.69, 9.17) is 0 Å². The first kappa shape index (κ1) is 12.5. The molecule has 0 heteroatoms. The summed E-state index contributed by atoms with van der Waals surface area (Å²) in [6.45, 7) is 14.9. The van der Waals surface area contributed by atoms with Gasteiger partial charge in [-0.3, -0.25) is 0 Å². The average Bonchev–Trinajstić information content (AvgIpc) is 2.19. The van der Waals surface area contributed by atoms with E-state index in [2.05, 4.69) is 41.5 Å². The molecule has 3 fully saturated rings. The largest absolute Gasteiger partial charge is 0.0622 e. The second-order valence-electron chi connectivity index (χ2n) is 7.49. The van der Waals surface area contributed by atoms with E-state index >= 15 is 0 Å². The van der Waals surface area contributed by atoms with Crippen LogP contribution >= 0.6 is 0 Å². The highest BCUT2D eigenvalue weighted by molar-refractivity contribution is 5.07. The summed E-state index contributed by atoms with van der Waals surface area (Å²) in [5, 5.41) is 0. The zero-order chi connectivity index (χ0) is 12.1. The molecule has 4 atom stereocenters. The van der Waals surface area contributed by atoms with Crippen LogP contribution in [0.2, 0.25) is 0 Å². The molecule has 0 saturated heterocycles. The Kier molecular flexibility index (Phi) is 2.92. The molecule has 16 heavy (non-hydrogen) atoms. The highest BCUT2D eigenvalue weighted by atomic mass is 14.6. The molecule has 3 rings (SSSR count). The monoisotopic (exact) mass is 222 g/mol. The molecule has 0 heterocycles. The summed E-state index contributed by atoms with van der Waals surface area (Å²) in [6, 6.07) is 0. The van der Waals surface area contributed by atoms with Gasteiger partial charge in [0.2, 0.25) is 0 Å². The summed E-state index contributed by atoms with van der Waals surface area (Å²) in [4.78, 5) is 0. The van der Waals surface area contributed by atoms with Gasteiger partial charge in [0.15, 0.2) is 0 Å². The average molecular weight is 222 g/mol. The Morgan fingerprint density at radius 3 is 1.25 bits per heavy atom. The van der Waals surface area contributed by atoms with Crippen molar-refractivity contribution in [1.82, 2.24) is 0 Å². The maximum atomic E-state index is 2.53. The van der Waals surface area contributed by atoms with Crippen LogP contribution < -0.4 is 0 Å². The zero-order valence-corrected chi connectivity index (χ0v) is 12.1. The first-order valence-electron chi connectivity index (χ1n) is 7.35. The van der Waals surface area contributed by atoms with Crippen LogP contribution in [0, 0.1) is 34.5 Å². The van der Waals surface area contributed by atoms with Crippen molar-refractivity contribution >= 4 is 0 Å². The zero-order valence-electron chi connectivity index (χ0n) is 12.1. The molecule has 3 aliphatic rings. The molecule has 3 saturated carbocycles. The number of fused-ring (bicyclic) bond motifs is 3. The Bertz CT molecular complexity index is 237. The van der Waals surface area contributed by atoms with Crippen molar-refractivity contribution in [3.05, 3.63) is 0 Å². The minimum Gasteiger partial charge on any atom is -0.0622 e. The van der Waals surface area contributed by atoms with E-state index in [1.165, 1.54) is 25.7 Å². The number of rotatable bonds is 2. The van der Waals surface area contributed by atoms with E-state index in [0.29, 0.717) is 10.8 Å². The molecule has 0 aromatic rings. The van der Waals surface area contributed by atoms with Gasteiger partial charge in [0.1, 0.15) is 0 Å². The summed E-state index contributed by atoms with van der Waals surface area (Å²) in [5.41, 5.74) is 1.35. The van der Waals surface area contributed by atoms with Crippen molar-refractivity contribution in [3.8, 4) is 0 Å². The second kappa shape index (κ2) is 3.75. The third-order valence-electron chi connectivity index (χ3n) is 6.69. The molecule has 4 unspecified atom stereocenters. The first-order chi connectivity index (χ1) is 7.35. The fourth-order valence-corrected chi connectivity index (χ4v) is 5.30.